The predicted octanol–water partition coefficient (Wildman–Crippen LogP) is 3.81. The first-order valence-corrected chi connectivity index (χ1v) is 10.9. The van der Waals surface area contributed by atoms with E-state index in [0.29, 0.717) is 0 Å². The van der Waals surface area contributed by atoms with Crippen molar-refractivity contribution in [3.63, 3.8) is 0 Å². The summed E-state index contributed by atoms with van der Waals surface area (Å²) in [6.45, 7) is -0.324. The third kappa shape index (κ3) is 4.52. The van der Waals surface area contributed by atoms with Gasteiger partial charge in [0.1, 0.15) is 12.4 Å². The summed E-state index contributed by atoms with van der Waals surface area (Å²) in [5.74, 6) is -0.734. The summed E-state index contributed by atoms with van der Waals surface area (Å²) in [6, 6.07) is 13.2. The van der Waals surface area contributed by atoms with E-state index in [1.54, 1.807) is 30.1 Å². The first-order valence-electron chi connectivity index (χ1n) is 9.48. The maximum Gasteiger partial charge on any atom is 0.264 e. The first kappa shape index (κ1) is 20.3. The summed E-state index contributed by atoms with van der Waals surface area (Å²) in [6.07, 6.45) is 5.19. The number of sulfonamides is 1. The van der Waals surface area contributed by atoms with E-state index in [1.165, 1.54) is 42.8 Å². The quantitative estimate of drug-likeness (QED) is 0.736. The molecule has 5 nitrogen and oxygen atoms in total. The minimum atomic E-state index is -3.96. The van der Waals surface area contributed by atoms with E-state index in [1.807, 2.05) is 0 Å². The molecule has 0 unspecified atom stereocenters. The minimum Gasteiger partial charge on any atom is -0.341 e. The summed E-state index contributed by atoms with van der Waals surface area (Å²) < 4.78 is 40.8. The monoisotopic (exact) mass is 404 g/mol. The van der Waals surface area contributed by atoms with Gasteiger partial charge in [0.15, 0.2) is 0 Å². The van der Waals surface area contributed by atoms with Gasteiger partial charge in [0.2, 0.25) is 5.91 Å². The number of carbonyl (C=O) groups excluding carboxylic acids is 1. The van der Waals surface area contributed by atoms with Gasteiger partial charge in [-0.3, -0.25) is 9.10 Å². The van der Waals surface area contributed by atoms with Crippen molar-refractivity contribution in [3.05, 3.63) is 60.4 Å². The topological polar surface area (TPSA) is 57.7 Å². The van der Waals surface area contributed by atoms with Crippen molar-refractivity contribution in [2.45, 2.75) is 43.0 Å². The summed E-state index contributed by atoms with van der Waals surface area (Å²) in [4.78, 5) is 14.7. The van der Waals surface area contributed by atoms with Crippen LogP contribution >= 0.6 is 0 Å². The highest BCUT2D eigenvalue weighted by atomic mass is 32.2. The molecule has 150 valence electrons. The standard InChI is InChI=1S/C21H25FN2O3S/c1-23(18-8-4-2-5-9-18)21(25)16-24(19-14-12-17(22)13-15-19)28(26,27)20-10-6-3-7-11-20/h3,6-7,10-15,18H,2,4-5,8-9,16H2,1H3. The average Bonchev–Trinajstić information content (AvgIpc) is 2.73. The highest BCUT2D eigenvalue weighted by Gasteiger charge is 2.30. The fraction of sp³-hybridized carbons (Fsp3) is 0.381. The van der Waals surface area contributed by atoms with Crippen LogP contribution in [0.15, 0.2) is 59.5 Å². The second-order valence-electron chi connectivity index (χ2n) is 7.10. The lowest BCUT2D eigenvalue weighted by Gasteiger charge is -2.33. The van der Waals surface area contributed by atoms with Crippen LogP contribution in [-0.2, 0) is 14.8 Å². The van der Waals surface area contributed by atoms with E-state index < -0.39 is 15.8 Å². The van der Waals surface area contributed by atoms with E-state index in [9.17, 15) is 17.6 Å². The molecule has 0 atom stereocenters. The molecule has 1 fully saturated rings. The summed E-state index contributed by atoms with van der Waals surface area (Å²) >= 11 is 0. The molecule has 0 radical (unpaired) electrons. The fourth-order valence-corrected chi connectivity index (χ4v) is 4.98. The Labute approximate surface area is 165 Å². The van der Waals surface area contributed by atoms with Gasteiger partial charge < -0.3 is 4.90 Å². The van der Waals surface area contributed by atoms with Crippen molar-refractivity contribution in [1.29, 1.82) is 0 Å². The van der Waals surface area contributed by atoms with Crippen molar-refractivity contribution in [3.8, 4) is 0 Å². The molecular weight excluding hydrogens is 379 g/mol. The van der Waals surface area contributed by atoms with Crippen LogP contribution in [0.1, 0.15) is 32.1 Å². The lowest BCUT2D eigenvalue weighted by atomic mass is 9.94. The molecule has 1 amide bonds. The van der Waals surface area contributed by atoms with Crippen LogP contribution in [0.2, 0.25) is 0 Å². The number of amides is 1. The maximum atomic E-state index is 13.4. The Kier molecular flexibility index (Phi) is 6.34. The fourth-order valence-electron chi connectivity index (χ4n) is 3.55. The Hall–Kier alpha value is -2.41. The molecule has 1 saturated carbocycles. The number of benzene rings is 2. The molecule has 0 aromatic heterocycles. The second kappa shape index (κ2) is 8.73. The molecule has 0 aliphatic heterocycles. The van der Waals surface area contributed by atoms with Gasteiger partial charge in [0, 0.05) is 13.1 Å². The molecule has 28 heavy (non-hydrogen) atoms. The van der Waals surface area contributed by atoms with Gasteiger partial charge in [-0.2, -0.15) is 0 Å². The highest BCUT2D eigenvalue weighted by Crippen LogP contribution is 2.26. The molecule has 0 N–H and O–H groups in total. The molecule has 0 heterocycles. The molecule has 7 heteroatoms. The van der Waals surface area contributed by atoms with Crippen molar-refractivity contribution in [2.75, 3.05) is 17.9 Å². The lowest BCUT2D eigenvalue weighted by Crippen LogP contribution is -2.45. The van der Waals surface area contributed by atoms with Gasteiger partial charge in [-0.05, 0) is 49.2 Å². The molecule has 3 rings (SSSR count). The molecular formula is C21H25FN2O3S. The van der Waals surface area contributed by atoms with E-state index in [2.05, 4.69) is 0 Å². The number of nitrogens with zero attached hydrogens (tertiary/aromatic N) is 2. The van der Waals surface area contributed by atoms with Gasteiger partial charge in [0.25, 0.3) is 10.0 Å². The largest absolute Gasteiger partial charge is 0.341 e. The Morgan fingerprint density at radius 1 is 1.00 bits per heavy atom. The molecule has 1 aliphatic rings. The Balaban J connectivity index is 1.90. The van der Waals surface area contributed by atoms with Gasteiger partial charge in [-0.1, -0.05) is 37.5 Å². The third-order valence-electron chi connectivity index (χ3n) is 5.24. The zero-order chi connectivity index (χ0) is 20.1. The minimum absolute atomic E-state index is 0.0902. The predicted molar refractivity (Wildman–Crippen MR) is 107 cm³/mol. The van der Waals surface area contributed by atoms with Crippen LogP contribution in [0, 0.1) is 5.82 Å². The first-order chi connectivity index (χ1) is 13.4. The van der Waals surface area contributed by atoms with E-state index >= 15 is 0 Å². The van der Waals surface area contributed by atoms with E-state index in [-0.39, 0.29) is 29.1 Å². The molecule has 2 aromatic rings. The van der Waals surface area contributed by atoms with Crippen LogP contribution < -0.4 is 4.31 Å². The number of hydrogen-bond donors (Lipinski definition) is 0. The number of halogens is 1. The zero-order valence-corrected chi connectivity index (χ0v) is 16.7. The van der Waals surface area contributed by atoms with Crippen LogP contribution in [-0.4, -0.2) is 38.9 Å². The van der Waals surface area contributed by atoms with Crippen molar-refractivity contribution >= 4 is 21.6 Å². The number of likely N-dealkylation sites (N-methyl/N-ethyl adjacent to an activating group) is 1. The number of carbonyl (C=O) groups is 1. The number of rotatable bonds is 6. The molecule has 0 saturated heterocycles. The van der Waals surface area contributed by atoms with E-state index in [0.717, 1.165) is 30.0 Å². The molecule has 0 bridgehead atoms. The second-order valence-corrected chi connectivity index (χ2v) is 8.96. The van der Waals surface area contributed by atoms with Crippen LogP contribution in [0.5, 0.6) is 0 Å². The zero-order valence-electron chi connectivity index (χ0n) is 15.9. The van der Waals surface area contributed by atoms with Crippen LogP contribution in [0.3, 0.4) is 0 Å². The van der Waals surface area contributed by atoms with Gasteiger partial charge in [0.05, 0.1) is 10.6 Å². The smallest absolute Gasteiger partial charge is 0.264 e. The van der Waals surface area contributed by atoms with Gasteiger partial charge in [-0.15, -0.1) is 0 Å². The van der Waals surface area contributed by atoms with E-state index in [4.69, 9.17) is 0 Å². The maximum absolute atomic E-state index is 13.4. The average molecular weight is 405 g/mol. The van der Waals surface area contributed by atoms with Crippen molar-refractivity contribution in [2.24, 2.45) is 0 Å². The summed E-state index contributed by atoms with van der Waals surface area (Å²) in [5.41, 5.74) is 0.260. The highest BCUT2D eigenvalue weighted by molar-refractivity contribution is 7.92. The number of hydrogen-bond acceptors (Lipinski definition) is 3. The van der Waals surface area contributed by atoms with Gasteiger partial charge >= 0.3 is 0 Å². The molecule has 2 aromatic carbocycles. The lowest BCUT2D eigenvalue weighted by molar-refractivity contribution is -0.130. The van der Waals surface area contributed by atoms with Crippen LogP contribution in [0.25, 0.3) is 0 Å². The molecule has 1 aliphatic carbocycles. The van der Waals surface area contributed by atoms with Crippen LogP contribution in [0.4, 0.5) is 10.1 Å². The number of anilines is 1. The van der Waals surface area contributed by atoms with Crippen molar-refractivity contribution < 1.29 is 17.6 Å². The van der Waals surface area contributed by atoms with Gasteiger partial charge in [-0.25, -0.2) is 12.8 Å². The molecule has 0 spiro atoms. The third-order valence-corrected chi connectivity index (χ3v) is 7.03. The Morgan fingerprint density at radius 3 is 2.21 bits per heavy atom. The van der Waals surface area contributed by atoms with Crippen molar-refractivity contribution in [1.82, 2.24) is 4.90 Å². The SMILES string of the molecule is CN(C(=O)CN(c1ccc(F)cc1)S(=O)(=O)c1ccccc1)C1CCCCC1. The Bertz CT molecular complexity index is 895. The summed E-state index contributed by atoms with van der Waals surface area (Å²) in [5, 5.41) is 0. The summed E-state index contributed by atoms with van der Waals surface area (Å²) in [7, 11) is -2.23. The normalized spacial score (nSPS) is 15.2. The Morgan fingerprint density at radius 2 is 1.61 bits per heavy atom.